The van der Waals surface area contributed by atoms with Gasteiger partial charge in [-0.15, -0.1) is 0 Å². The van der Waals surface area contributed by atoms with Crippen molar-refractivity contribution in [3.63, 3.8) is 0 Å². The van der Waals surface area contributed by atoms with Crippen molar-refractivity contribution in [2.45, 2.75) is 51.0 Å². The molecule has 1 atom stereocenters. The third-order valence-electron chi connectivity index (χ3n) is 4.70. The van der Waals surface area contributed by atoms with Crippen LogP contribution in [0.15, 0.2) is 0 Å². The van der Waals surface area contributed by atoms with Crippen LogP contribution in [-0.4, -0.2) is 60.1 Å². The minimum atomic E-state index is 0.0568. The minimum absolute atomic E-state index is 0.0568. The van der Waals surface area contributed by atoms with Crippen molar-refractivity contribution >= 4 is 5.91 Å². The molecular formula is C15H28N2O2. The van der Waals surface area contributed by atoms with E-state index in [2.05, 4.69) is 4.90 Å². The Hall–Kier alpha value is -0.610. The van der Waals surface area contributed by atoms with Gasteiger partial charge in [0.1, 0.15) is 0 Å². The fourth-order valence-electron chi connectivity index (χ4n) is 3.56. The molecule has 1 aliphatic carbocycles. The lowest BCUT2D eigenvalue weighted by Crippen LogP contribution is -2.48. The van der Waals surface area contributed by atoms with Crippen molar-refractivity contribution in [3.05, 3.63) is 0 Å². The Morgan fingerprint density at radius 2 is 1.95 bits per heavy atom. The maximum absolute atomic E-state index is 12.3. The minimum Gasteiger partial charge on any atom is -0.395 e. The van der Waals surface area contributed by atoms with Crippen molar-refractivity contribution in [3.8, 4) is 0 Å². The van der Waals surface area contributed by atoms with Gasteiger partial charge in [-0.2, -0.15) is 0 Å². The maximum Gasteiger partial charge on any atom is 0.226 e. The molecule has 1 saturated carbocycles. The average Bonchev–Trinajstić information content (AvgIpc) is 2.48. The van der Waals surface area contributed by atoms with Gasteiger partial charge in [0.25, 0.3) is 0 Å². The Balaban J connectivity index is 1.87. The van der Waals surface area contributed by atoms with Gasteiger partial charge in [0.05, 0.1) is 12.5 Å². The van der Waals surface area contributed by atoms with Gasteiger partial charge in [-0.05, 0) is 32.2 Å². The van der Waals surface area contributed by atoms with Crippen molar-refractivity contribution in [1.29, 1.82) is 0 Å². The quantitative estimate of drug-likeness (QED) is 0.840. The van der Waals surface area contributed by atoms with E-state index in [1.54, 1.807) is 11.9 Å². The Morgan fingerprint density at radius 3 is 2.63 bits per heavy atom. The largest absolute Gasteiger partial charge is 0.395 e. The first kappa shape index (κ1) is 14.8. The zero-order valence-electron chi connectivity index (χ0n) is 12.2. The molecule has 0 aromatic rings. The van der Waals surface area contributed by atoms with Gasteiger partial charge in [-0.25, -0.2) is 0 Å². The van der Waals surface area contributed by atoms with E-state index in [0.29, 0.717) is 12.6 Å². The van der Waals surface area contributed by atoms with Crippen molar-refractivity contribution in [1.82, 2.24) is 9.80 Å². The summed E-state index contributed by atoms with van der Waals surface area (Å²) in [5.74, 6) is 0.363. The molecule has 4 nitrogen and oxygen atoms in total. The topological polar surface area (TPSA) is 43.8 Å². The molecule has 1 aliphatic heterocycles. The lowest BCUT2D eigenvalue weighted by Gasteiger charge is -2.40. The predicted molar refractivity (Wildman–Crippen MR) is 75.9 cm³/mol. The lowest BCUT2D eigenvalue weighted by molar-refractivity contribution is -0.136. The second-order valence-electron chi connectivity index (χ2n) is 6.11. The average molecular weight is 268 g/mol. The molecule has 0 bridgehead atoms. The highest BCUT2D eigenvalue weighted by molar-refractivity contribution is 5.78. The molecule has 1 heterocycles. The summed E-state index contributed by atoms with van der Waals surface area (Å²) in [7, 11) is 1.80. The molecule has 2 aliphatic rings. The number of piperidine rings is 1. The van der Waals surface area contributed by atoms with E-state index in [1.165, 1.54) is 32.1 Å². The smallest absolute Gasteiger partial charge is 0.226 e. The van der Waals surface area contributed by atoms with Gasteiger partial charge in [-0.1, -0.05) is 19.3 Å². The van der Waals surface area contributed by atoms with Crippen LogP contribution in [0.3, 0.4) is 0 Å². The number of carbonyl (C=O) groups excluding carboxylic acids is 1. The monoisotopic (exact) mass is 268 g/mol. The number of likely N-dealkylation sites (N-methyl/N-ethyl adjacent to an activating group) is 1. The number of hydrogen-bond donors (Lipinski definition) is 1. The Morgan fingerprint density at radius 1 is 1.21 bits per heavy atom. The summed E-state index contributed by atoms with van der Waals surface area (Å²) >= 11 is 0. The molecule has 0 unspecified atom stereocenters. The molecule has 0 aromatic carbocycles. The number of hydrogen-bond acceptors (Lipinski definition) is 3. The zero-order chi connectivity index (χ0) is 13.7. The van der Waals surface area contributed by atoms with Crippen LogP contribution in [0.4, 0.5) is 0 Å². The van der Waals surface area contributed by atoms with E-state index in [1.807, 2.05) is 0 Å². The van der Waals surface area contributed by atoms with Crippen LogP contribution in [0.5, 0.6) is 0 Å². The third-order valence-corrected chi connectivity index (χ3v) is 4.70. The van der Waals surface area contributed by atoms with E-state index in [4.69, 9.17) is 5.11 Å². The number of likely N-dealkylation sites (tertiary alicyclic amines) is 1. The Labute approximate surface area is 116 Å². The predicted octanol–water partition coefficient (Wildman–Crippen LogP) is 1.48. The SMILES string of the molecule is CN(CCO)C(=O)[C@@H]1CCCN(C2CCCCC2)C1. The molecular weight excluding hydrogens is 240 g/mol. The van der Waals surface area contributed by atoms with Crippen LogP contribution in [-0.2, 0) is 4.79 Å². The highest BCUT2D eigenvalue weighted by Gasteiger charge is 2.31. The molecule has 2 fully saturated rings. The van der Waals surface area contributed by atoms with Gasteiger partial charge in [-0.3, -0.25) is 9.69 Å². The molecule has 1 saturated heterocycles. The first-order chi connectivity index (χ1) is 9.22. The summed E-state index contributed by atoms with van der Waals surface area (Å²) in [6.45, 7) is 2.61. The van der Waals surface area contributed by atoms with Gasteiger partial charge >= 0.3 is 0 Å². The zero-order valence-corrected chi connectivity index (χ0v) is 12.2. The number of aliphatic hydroxyl groups is 1. The summed E-state index contributed by atoms with van der Waals surface area (Å²) < 4.78 is 0. The summed E-state index contributed by atoms with van der Waals surface area (Å²) in [4.78, 5) is 16.5. The van der Waals surface area contributed by atoms with Gasteiger partial charge in [0.2, 0.25) is 5.91 Å². The van der Waals surface area contributed by atoms with Crippen LogP contribution >= 0.6 is 0 Å². The molecule has 110 valence electrons. The lowest BCUT2D eigenvalue weighted by atomic mass is 9.90. The standard InChI is InChI=1S/C15H28N2O2/c1-16(10-11-18)15(19)13-6-5-9-17(12-13)14-7-3-2-4-8-14/h13-14,18H,2-12H2,1H3/t13-/m1/s1. The number of carbonyl (C=O) groups is 1. The van der Waals surface area contributed by atoms with Crippen LogP contribution in [0.2, 0.25) is 0 Å². The number of nitrogens with zero attached hydrogens (tertiary/aromatic N) is 2. The Kier molecular flexibility index (Phi) is 5.64. The second kappa shape index (κ2) is 7.25. The highest BCUT2D eigenvalue weighted by Crippen LogP contribution is 2.27. The summed E-state index contributed by atoms with van der Waals surface area (Å²) in [6, 6.07) is 0.715. The van der Waals surface area contributed by atoms with Crippen LogP contribution < -0.4 is 0 Å². The molecule has 0 spiro atoms. The summed E-state index contributed by atoms with van der Waals surface area (Å²) in [5, 5.41) is 8.94. The molecule has 1 N–H and O–H groups in total. The molecule has 4 heteroatoms. The number of aliphatic hydroxyl groups excluding tert-OH is 1. The third kappa shape index (κ3) is 3.93. The van der Waals surface area contributed by atoms with E-state index < -0.39 is 0 Å². The number of amides is 1. The molecule has 19 heavy (non-hydrogen) atoms. The van der Waals surface area contributed by atoms with E-state index in [9.17, 15) is 4.79 Å². The fourth-order valence-corrected chi connectivity index (χ4v) is 3.56. The van der Waals surface area contributed by atoms with Crippen molar-refractivity contribution < 1.29 is 9.90 Å². The van der Waals surface area contributed by atoms with E-state index in [-0.39, 0.29) is 18.4 Å². The molecule has 0 radical (unpaired) electrons. The van der Waals surface area contributed by atoms with Crippen LogP contribution in [0, 0.1) is 5.92 Å². The van der Waals surface area contributed by atoms with Crippen molar-refractivity contribution in [2.75, 3.05) is 33.3 Å². The van der Waals surface area contributed by atoms with Crippen molar-refractivity contribution in [2.24, 2.45) is 5.92 Å². The maximum atomic E-state index is 12.3. The Bertz CT molecular complexity index is 290. The summed E-state index contributed by atoms with van der Waals surface area (Å²) in [6.07, 6.45) is 8.86. The molecule has 2 rings (SSSR count). The highest BCUT2D eigenvalue weighted by atomic mass is 16.3. The van der Waals surface area contributed by atoms with E-state index >= 15 is 0 Å². The first-order valence-corrected chi connectivity index (χ1v) is 7.82. The van der Waals surface area contributed by atoms with Gasteiger partial charge in [0.15, 0.2) is 0 Å². The van der Waals surface area contributed by atoms with Gasteiger partial charge in [0, 0.05) is 26.2 Å². The van der Waals surface area contributed by atoms with E-state index in [0.717, 1.165) is 25.9 Å². The van der Waals surface area contributed by atoms with Crippen LogP contribution in [0.25, 0.3) is 0 Å². The molecule has 0 aromatic heterocycles. The van der Waals surface area contributed by atoms with Gasteiger partial charge < -0.3 is 10.0 Å². The summed E-state index contributed by atoms with van der Waals surface area (Å²) in [5.41, 5.74) is 0. The first-order valence-electron chi connectivity index (χ1n) is 7.82. The fraction of sp³-hybridized carbons (Fsp3) is 0.933. The normalized spacial score (nSPS) is 26.3. The second-order valence-corrected chi connectivity index (χ2v) is 6.11. The molecule has 1 amide bonds. The van der Waals surface area contributed by atoms with Crippen LogP contribution in [0.1, 0.15) is 44.9 Å². The number of rotatable bonds is 4.